The number of aliphatic hydroxyl groups excluding tert-OH is 1. The Labute approximate surface area is 93.3 Å². The number of aliphatic hydroxyl groups is 1. The Balaban J connectivity index is 2.49. The first-order chi connectivity index (χ1) is 7.74. The van der Waals surface area contributed by atoms with Crippen LogP contribution in [0, 0.1) is 6.92 Å². The maximum atomic E-state index is 10.5. The highest BCUT2D eigenvalue weighted by molar-refractivity contribution is 5.73. The van der Waals surface area contributed by atoms with Crippen LogP contribution in [0.5, 0.6) is 0 Å². The van der Waals surface area contributed by atoms with Gasteiger partial charge in [0.2, 0.25) is 0 Å². The molecule has 3 nitrogen and oxygen atoms in total. The standard InChI is InChI=1S/C13H12O3/c1-9-2-3-10(7-14)6-12(9)13-5-4-11(8-15)16-13/h2-6,8,14H,7H2,1H3. The zero-order valence-electron chi connectivity index (χ0n) is 8.93. The Morgan fingerprint density at radius 3 is 2.75 bits per heavy atom. The molecule has 0 unspecified atom stereocenters. The largest absolute Gasteiger partial charge is 0.453 e. The van der Waals surface area contributed by atoms with Crippen molar-refractivity contribution in [1.82, 2.24) is 0 Å². The molecule has 82 valence electrons. The fraction of sp³-hybridized carbons (Fsp3) is 0.154. The van der Waals surface area contributed by atoms with Gasteiger partial charge >= 0.3 is 0 Å². The predicted molar refractivity (Wildman–Crippen MR) is 60.2 cm³/mol. The third-order valence-corrected chi connectivity index (χ3v) is 2.49. The van der Waals surface area contributed by atoms with E-state index < -0.39 is 0 Å². The molecular weight excluding hydrogens is 204 g/mol. The zero-order chi connectivity index (χ0) is 11.5. The lowest BCUT2D eigenvalue weighted by Gasteiger charge is -2.04. The summed E-state index contributed by atoms with van der Waals surface area (Å²) < 4.78 is 5.35. The van der Waals surface area contributed by atoms with E-state index in [4.69, 9.17) is 9.52 Å². The summed E-state index contributed by atoms with van der Waals surface area (Å²) in [5.41, 5.74) is 2.77. The molecule has 0 aliphatic heterocycles. The van der Waals surface area contributed by atoms with Crippen molar-refractivity contribution in [1.29, 1.82) is 0 Å². The van der Waals surface area contributed by atoms with Gasteiger partial charge in [0.15, 0.2) is 12.0 Å². The molecule has 3 heteroatoms. The number of carbonyl (C=O) groups is 1. The van der Waals surface area contributed by atoms with Gasteiger partial charge in [0.1, 0.15) is 5.76 Å². The molecule has 0 saturated heterocycles. The van der Waals surface area contributed by atoms with E-state index in [1.807, 2.05) is 25.1 Å². The summed E-state index contributed by atoms with van der Waals surface area (Å²) in [6.07, 6.45) is 0.675. The van der Waals surface area contributed by atoms with Crippen LogP contribution < -0.4 is 0 Å². The van der Waals surface area contributed by atoms with Crippen molar-refractivity contribution in [2.45, 2.75) is 13.5 Å². The van der Waals surface area contributed by atoms with E-state index in [0.717, 1.165) is 16.7 Å². The third-order valence-electron chi connectivity index (χ3n) is 2.49. The molecule has 1 N–H and O–H groups in total. The van der Waals surface area contributed by atoms with Crippen LogP contribution in [-0.4, -0.2) is 11.4 Å². The molecule has 0 saturated carbocycles. The fourth-order valence-electron chi connectivity index (χ4n) is 1.59. The Kier molecular flexibility index (Phi) is 2.88. The molecule has 0 aliphatic carbocycles. The van der Waals surface area contributed by atoms with Crippen LogP contribution in [0.25, 0.3) is 11.3 Å². The summed E-state index contributed by atoms with van der Waals surface area (Å²) >= 11 is 0. The van der Waals surface area contributed by atoms with Crippen molar-refractivity contribution in [2.24, 2.45) is 0 Å². The topological polar surface area (TPSA) is 50.4 Å². The Morgan fingerprint density at radius 2 is 2.12 bits per heavy atom. The van der Waals surface area contributed by atoms with Gasteiger partial charge in [-0.3, -0.25) is 4.79 Å². The number of carbonyl (C=O) groups excluding carboxylic acids is 1. The van der Waals surface area contributed by atoms with Crippen LogP contribution in [0.3, 0.4) is 0 Å². The number of rotatable bonds is 3. The summed E-state index contributed by atoms with van der Waals surface area (Å²) in [7, 11) is 0. The number of hydrogen-bond donors (Lipinski definition) is 1. The Hall–Kier alpha value is -1.87. The molecule has 2 aromatic rings. The maximum absolute atomic E-state index is 10.5. The fourth-order valence-corrected chi connectivity index (χ4v) is 1.59. The van der Waals surface area contributed by atoms with Crippen molar-refractivity contribution in [2.75, 3.05) is 0 Å². The first kappa shape index (κ1) is 10.6. The minimum absolute atomic E-state index is 0.00543. The molecule has 1 heterocycles. The first-order valence-corrected chi connectivity index (χ1v) is 5.00. The Bertz CT molecular complexity index is 512. The van der Waals surface area contributed by atoms with E-state index in [1.165, 1.54) is 0 Å². The smallest absolute Gasteiger partial charge is 0.185 e. The number of furan rings is 1. The molecule has 1 aromatic heterocycles. The second kappa shape index (κ2) is 4.33. The molecule has 0 aliphatic rings. The van der Waals surface area contributed by atoms with Crippen LogP contribution in [0.2, 0.25) is 0 Å². The number of benzene rings is 1. The van der Waals surface area contributed by atoms with E-state index in [1.54, 1.807) is 12.1 Å². The minimum atomic E-state index is -0.00543. The normalized spacial score (nSPS) is 10.4. The molecule has 0 atom stereocenters. The summed E-state index contributed by atoms with van der Waals surface area (Å²) in [5.74, 6) is 0.957. The van der Waals surface area contributed by atoms with Crippen LogP contribution in [0.4, 0.5) is 0 Å². The number of hydrogen-bond acceptors (Lipinski definition) is 3. The molecule has 0 spiro atoms. The maximum Gasteiger partial charge on any atom is 0.185 e. The lowest BCUT2D eigenvalue weighted by atomic mass is 10.0. The Morgan fingerprint density at radius 1 is 1.31 bits per heavy atom. The summed E-state index contributed by atoms with van der Waals surface area (Å²) in [6.45, 7) is 1.95. The molecule has 16 heavy (non-hydrogen) atoms. The van der Waals surface area contributed by atoms with Crippen LogP contribution in [0.1, 0.15) is 21.7 Å². The van der Waals surface area contributed by atoms with Gasteiger partial charge < -0.3 is 9.52 Å². The molecule has 2 rings (SSSR count). The lowest BCUT2D eigenvalue weighted by Crippen LogP contribution is -1.87. The summed E-state index contributed by atoms with van der Waals surface area (Å²) in [6, 6.07) is 9.04. The van der Waals surface area contributed by atoms with E-state index in [0.29, 0.717) is 17.8 Å². The first-order valence-electron chi connectivity index (χ1n) is 5.00. The second-order valence-electron chi connectivity index (χ2n) is 3.63. The van der Waals surface area contributed by atoms with Gasteiger partial charge in [0.25, 0.3) is 0 Å². The average Bonchev–Trinajstić information content (AvgIpc) is 2.78. The van der Waals surface area contributed by atoms with Crippen LogP contribution >= 0.6 is 0 Å². The van der Waals surface area contributed by atoms with Gasteiger partial charge in [-0.05, 0) is 36.2 Å². The third kappa shape index (κ3) is 1.90. The summed E-state index contributed by atoms with van der Waals surface area (Å²) in [4.78, 5) is 10.5. The molecule has 0 bridgehead atoms. The van der Waals surface area contributed by atoms with Gasteiger partial charge in [-0.25, -0.2) is 0 Å². The average molecular weight is 216 g/mol. The van der Waals surface area contributed by atoms with Gasteiger partial charge in [0, 0.05) is 5.56 Å². The van der Waals surface area contributed by atoms with Crippen molar-refractivity contribution in [3.63, 3.8) is 0 Å². The molecule has 1 aromatic carbocycles. The molecule has 0 fully saturated rings. The van der Waals surface area contributed by atoms with E-state index in [2.05, 4.69) is 0 Å². The highest BCUT2D eigenvalue weighted by Gasteiger charge is 2.07. The van der Waals surface area contributed by atoms with Gasteiger partial charge in [-0.15, -0.1) is 0 Å². The highest BCUT2D eigenvalue weighted by atomic mass is 16.3. The second-order valence-corrected chi connectivity index (χ2v) is 3.63. The summed E-state index contributed by atoms with van der Waals surface area (Å²) in [5, 5.41) is 9.06. The van der Waals surface area contributed by atoms with Crippen LogP contribution in [0.15, 0.2) is 34.7 Å². The monoisotopic (exact) mass is 216 g/mol. The highest BCUT2D eigenvalue weighted by Crippen LogP contribution is 2.26. The van der Waals surface area contributed by atoms with Crippen molar-refractivity contribution >= 4 is 6.29 Å². The van der Waals surface area contributed by atoms with Gasteiger partial charge in [-0.1, -0.05) is 12.1 Å². The molecule has 0 radical (unpaired) electrons. The lowest BCUT2D eigenvalue weighted by molar-refractivity contribution is 0.110. The molecule has 0 amide bonds. The molecular formula is C13H12O3. The van der Waals surface area contributed by atoms with E-state index in [9.17, 15) is 4.79 Å². The predicted octanol–water partition coefficient (Wildman–Crippen LogP) is 2.56. The van der Waals surface area contributed by atoms with Gasteiger partial charge in [0.05, 0.1) is 6.61 Å². The van der Waals surface area contributed by atoms with E-state index in [-0.39, 0.29) is 6.61 Å². The van der Waals surface area contributed by atoms with Crippen molar-refractivity contribution in [3.05, 3.63) is 47.2 Å². The quantitative estimate of drug-likeness (QED) is 0.802. The number of aryl methyl sites for hydroxylation is 1. The van der Waals surface area contributed by atoms with E-state index >= 15 is 0 Å². The SMILES string of the molecule is Cc1ccc(CO)cc1-c1ccc(C=O)o1. The zero-order valence-corrected chi connectivity index (χ0v) is 8.93. The van der Waals surface area contributed by atoms with Crippen molar-refractivity contribution < 1.29 is 14.3 Å². The minimum Gasteiger partial charge on any atom is -0.453 e. The van der Waals surface area contributed by atoms with Crippen LogP contribution in [-0.2, 0) is 6.61 Å². The van der Waals surface area contributed by atoms with Crippen molar-refractivity contribution in [3.8, 4) is 11.3 Å². The van der Waals surface area contributed by atoms with Gasteiger partial charge in [-0.2, -0.15) is 0 Å². The number of aldehydes is 1.